The van der Waals surface area contributed by atoms with Gasteiger partial charge in [-0.15, -0.1) is 0 Å². The number of hydrogen-bond acceptors (Lipinski definition) is 1. The second-order valence-electron chi connectivity index (χ2n) is 9.95. The molecule has 4 aliphatic rings. The molecule has 1 nitrogen and oxygen atoms in total. The molecule has 3 saturated carbocycles. The van der Waals surface area contributed by atoms with Gasteiger partial charge in [-0.3, -0.25) is 4.98 Å². The molecular formula is C23H29F2N. The van der Waals surface area contributed by atoms with E-state index in [9.17, 15) is 8.78 Å². The van der Waals surface area contributed by atoms with Crippen molar-refractivity contribution in [3.63, 3.8) is 0 Å². The summed E-state index contributed by atoms with van der Waals surface area (Å²) in [5.41, 5.74) is 2.75. The maximum atomic E-state index is 14.3. The number of hydrogen-bond donors (Lipinski definition) is 0. The maximum absolute atomic E-state index is 14.3. The number of aromatic nitrogens is 1. The first-order chi connectivity index (χ1) is 12.3. The fourth-order valence-electron chi connectivity index (χ4n) is 7.67. The zero-order valence-electron chi connectivity index (χ0n) is 15.8. The van der Waals surface area contributed by atoms with Crippen molar-refractivity contribution in [2.45, 2.75) is 64.7 Å². The van der Waals surface area contributed by atoms with Gasteiger partial charge < -0.3 is 0 Å². The SMILES string of the molecule is C[C@]12CC(F)(F)CC1CCC1C2CC[C@]2(C)C(c3cccnc3)=CCC12. The van der Waals surface area contributed by atoms with Crippen LogP contribution in [0.4, 0.5) is 8.78 Å². The Morgan fingerprint density at radius 2 is 1.96 bits per heavy atom. The van der Waals surface area contributed by atoms with Crippen molar-refractivity contribution in [3.8, 4) is 0 Å². The minimum absolute atomic E-state index is 0.123. The molecular weight excluding hydrogens is 328 g/mol. The molecule has 0 N–H and O–H groups in total. The van der Waals surface area contributed by atoms with E-state index in [0.29, 0.717) is 17.8 Å². The lowest BCUT2D eigenvalue weighted by molar-refractivity contribution is -0.0724. The number of pyridine rings is 1. The summed E-state index contributed by atoms with van der Waals surface area (Å²) in [5.74, 6) is -0.508. The highest BCUT2D eigenvalue weighted by molar-refractivity contribution is 5.72. The third-order valence-electron chi connectivity index (χ3n) is 8.80. The molecule has 0 saturated heterocycles. The first-order valence-electron chi connectivity index (χ1n) is 10.3. The Hall–Kier alpha value is -1.25. The summed E-state index contributed by atoms with van der Waals surface area (Å²) < 4.78 is 28.5. The van der Waals surface area contributed by atoms with E-state index in [1.807, 2.05) is 18.5 Å². The predicted molar refractivity (Wildman–Crippen MR) is 99.7 cm³/mol. The number of halogens is 2. The van der Waals surface area contributed by atoms with E-state index in [1.165, 1.54) is 11.1 Å². The Balaban J connectivity index is 1.46. The van der Waals surface area contributed by atoms with Gasteiger partial charge in [0.05, 0.1) is 0 Å². The Morgan fingerprint density at radius 1 is 1.12 bits per heavy atom. The van der Waals surface area contributed by atoms with E-state index in [2.05, 4.69) is 31.0 Å². The van der Waals surface area contributed by atoms with Gasteiger partial charge in [0, 0.05) is 25.2 Å². The number of nitrogens with zero attached hydrogens (tertiary/aromatic N) is 1. The third kappa shape index (κ3) is 2.21. The molecule has 1 heterocycles. The zero-order valence-corrected chi connectivity index (χ0v) is 15.8. The van der Waals surface area contributed by atoms with Crippen LogP contribution in [0.15, 0.2) is 30.6 Å². The normalized spacial score (nSPS) is 46.2. The van der Waals surface area contributed by atoms with Crippen LogP contribution >= 0.6 is 0 Å². The molecule has 0 amide bonds. The van der Waals surface area contributed by atoms with Crippen molar-refractivity contribution in [1.29, 1.82) is 0 Å². The van der Waals surface area contributed by atoms with Crippen LogP contribution < -0.4 is 0 Å². The maximum Gasteiger partial charge on any atom is 0.249 e. The summed E-state index contributed by atoms with van der Waals surface area (Å²) in [6, 6.07) is 4.19. The highest BCUT2D eigenvalue weighted by Crippen LogP contribution is 2.69. The predicted octanol–water partition coefficient (Wildman–Crippen LogP) is 6.36. The average Bonchev–Trinajstić information content (AvgIpc) is 3.07. The van der Waals surface area contributed by atoms with Crippen molar-refractivity contribution in [2.24, 2.45) is 34.5 Å². The number of allylic oxidation sites excluding steroid dienone is 2. The highest BCUT2D eigenvalue weighted by Gasteiger charge is 2.63. The topological polar surface area (TPSA) is 12.9 Å². The molecule has 5 rings (SSSR count). The average molecular weight is 357 g/mol. The fraction of sp³-hybridized carbons (Fsp3) is 0.696. The van der Waals surface area contributed by atoms with Crippen molar-refractivity contribution in [2.75, 3.05) is 0 Å². The second kappa shape index (κ2) is 5.39. The molecule has 6 atom stereocenters. The van der Waals surface area contributed by atoms with Gasteiger partial charge in [0.1, 0.15) is 0 Å². The van der Waals surface area contributed by atoms with Gasteiger partial charge in [0.2, 0.25) is 5.92 Å². The molecule has 4 aliphatic carbocycles. The van der Waals surface area contributed by atoms with Crippen LogP contribution in [-0.4, -0.2) is 10.9 Å². The standard InChI is InChI=1S/C23H29F2N/c1-21-10-9-20-17(6-5-16-12-23(24,25)14-22(16,20)2)19(21)8-7-18(21)15-4-3-11-26-13-15/h3-4,7,11,13,16-17,19-20H,5-6,8-10,12,14H2,1-2H3/t16?,17?,19?,20?,21-,22+/m1/s1. The van der Waals surface area contributed by atoms with Gasteiger partial charge in [0.15, 0.2) is 0 Å². The molecule has 0 spiro atoms. The number of rotatable bonds is 1. The van der Waals surface area contributed by atoms with Gasteiger partial charge in [-0.05, 0) is 83.8 Å². The largest absolute Gasteiger partial charge is 0.264 e. The summed E-state index contributed by atoms with van der Waals surface area (Å²) in [5, 5.41) is 0. The second-order valence-corrected chi connectivity index (χ2v) is 9.95. The molecule has 3 fully saturated rings. The molecule has 26 heavy (non-hydrogen) atoms. The van der Waals surface area contributed by atoms with Crippen LogP contribution in [0.1, 0.15) is 64.4 Å². The first-order valence-corrected chi connectivity index (χ1v) is 10.3. The Labute approximate surface area is 155 Å². The quantitative estimate of drug-likeness (QED) is 0.569. The Bertz CT molecular complexity index is 742. The molecule has 140 valence electrons. The van der Waals surface area contributed by atoms with Gasteiger partial charge in [0.25, 0.3) is 0 Å². The molecule has 3 heteroatoms. The van der Waals surface area contributed by atoms with E-state index in [1.54, 1.807) is 0 Å². The third-order valence-corrected chi connectivity index (χ3v) is 8.80. The van der Waals surface area contributed by atoms with Gasteiger partial charge in [-0.1, -0.05) is 26.0 Å². The fourth-order valence-corrected chi connectivity index (χ4v) is 7.67. The Morgan fingerprint density at radius 3 is 2.73 bits per heavy atom. The molecule has 0 radical (unpaired) electrons. The van der Waals surface area contributed by atoms with Crippen LogP contribution in [0.25, 0.3) is 5.57 Å². The van der Waals surface area contributed by atoms with E-state index < -0.39 is 5.92 Å². The lowest BCUT2D eigenvalue weighted by atomic mass is 9.47. The van der Waals surface area contributed by atoms with Gasteiger partial charge in [-0.25, -0.2) is 8.78 Å². The lowest BCUT2D eigenvalue weighted by Gasteiger charge is -2.57. The Kier molecular flexibility index (Phi) is 3.50. The summed E-state index contributed by atoms with van der Waals surface area (Å²) >= 11 is 0. The summed E-state index contributed by atoms with van der Waals surface area (Å²) in [6.45, 7) is 4.62. The van der Waals surface area contributed by atoms with Gasteiger partial charge in [-0.2, -0.15) is 0 Å². The van der Waals surface area contributed by atoms with E-state index in [-0.39, 0.29) is 29.6 Å². The molecule has 0 bridgehead atoms. The van der Waals surface area contributed by atoms with Crippen LogP contribution in [0.5, 0.6) is 0 Å². The molecule has 1 aromatic rings. The highest BCUT2D eigenvalue weighted by atomic mass is 19.3. The van der Waals surface area contributed by atoms with Gasteiger partial charge >= 0.3 is 0 Å². The molecule has 0 aromatic carbocycles. The van der Waals surface area contributed by atoms with Crippen molar-refractivity contribution < 1.29 is 8.78 Å². The van der Waals surface area contributed by atoms with Crippen molar-refractivity contribution in [1.82, 2.24) is 4.98 Å². The number of alkyl halides is 2. The van der Waals surface area contributed by atoms with Crippen LogP contribution in [0.3, 0.4) is 0 Å². The monoisotopic (exact) mass is 357 g/mol. The minimum Gasteiger partial charge on any atom is -0.264 e. The van der Waals surface area contributed by atoms with E-state index in [4.69, 9.17) is 0 Å². The van der Waals surface area contributed by atoms with Crippen LogP contribution in [0, 0.1) is 34.5 Å². The first kappa shape index (κ1) is 16.9. The van der Waals surface area contributed by atoms with E-state index >= 15 is 0 Å². The summed E-state index contributed by atoms with van der Waals surface area (Å²) in [7, 11) is 0. The van der Waals surface area contributed by atoms with Crippen molar-refractivity contribution in [3.05, 3.63) is 36.2 Å². The molecule has 4 unspecified atom stereocenters. The summed E-state index contributed by atoms with van der Waals surface area (Å²) in [4.78, 5) is 4.33. The van der Waals surface area contributed by atoms with Crippen molar-refractivity contribution >= 4 is 5.57 Å². The summed E-state index contributed by atoms with van der Waals surface area (Å²) in [6.07, 6.45) is 12.0. The number of fused-ring (bicyclic) bond motifs is 5. The molecule has 1 aromatic heterocycles. The lowest BCUT2D eigenvalue weighted by Crippen LogP contribution is -2.49. The minimum atomic E-state index is -2.44. The van der Waals surface area contributed by atoms with Crippen LogP contribution in [0.2, 0.25) is 0 Å². The van der Waals surface area contributed by atoms with E-state index in [0.717, 1.165) is 32.1 Å². The zero-order chi connectivity index (χ0) is 18.2. The van der Waals surface area contributed by atoms with Crippen LogP contribution in [-0.2, 0) is 0 Å². The molecule has 0 aliphatic heterocycles. The smallest absolute Gasteiger partial charge is 0.249 e.